The molecule has 31 heavy (non-hydrogen) atoms. The van der Waals surface area contributed by atoms with E-state index in [0.717, 1.165) is 24.0 Å². The maximum absolute atomic E-state index is 12.1. The number of benzene rings is 2. The average Bonchev–Trinajstić information content (AvgIpc) is 2.79. The van der Waals surface area contributed by atoms with Crippen molar-refractivity contribution in [2.45, 2.75) is 32.9 Å². The van der Waals surface area contributed by atoms with Crippen LogP contribution in [0.4, 0.5) is 0 Å². The first-order chi connectivity index (χ1) is 14.6. The molecule has 0 aromatic heterocycles. The fourth-order valence-corrected chi connectivity index (χ4v) is 2.84. The van der Waals surface area contributed by atoms with Gasteiger partial charge in [0, 0.05) is 32.2 Å². The monoisotopic (exact) mass is 540 g/mol. The van der Waals surface area contributed by atoms with E-state index in [-0.39, 0.29) is 29.9 Å². The van der Waals surface area contributed by atoms with Crippen LogP contribution in [-0.2, 0) is 13.1 Å². The Morgan fingerprint density at radius 1 is 0.903 bits per heavy atom. The van der Waals surface area contributed by atoms with Gasteiger partial charge in [-0.3, -0.25) is 9.79 Å². The minimum atomic E-state index is -0.0321. The van der Waals surface area contributed by atoms with Crippen molar-refractivity contribution in [3.63, 3.8) is 0 Å². The van der Waals surface area contributed by atoms with Crippen LogP contribution in [0, 0.1) is 0 Å². The van der Waals surface area contributed by atoms with Gasteiger partial charge in [0.25, 0.3) is 5.91 Å². The molecule has 7 nitrogen and oxygen atoms in total. The van der Waals surface area contributed by atoms with Gasteiger partial charge < -0.3 is 25.4 Å². The number of ether oxygens (including phenoxy) is 2. The molecular formula is C23H33IN4O3. The molecule has 0 saturated carbocycles. The fraction of sp³-hybridized carbons (Fsp3) is 0.391. The van der Waals surface area contributed by atoms with Crippen LogP contribution in [0.25, 0.3) is 0 Å². The molecule has 0 radical (unpaired) electrons. The Hall–Kier alpha value is -2.49. The molecule has 0 unspecified atom stereocenters. The van der Waals surface area contributed by atoms with Crippen LogP contribution < -0.4 is 25.4 Å². The second-order valence-electron chi connectivity index (χ2n) is 6.78. The van der Waals surface area contributed by atoms with E-state index in [0.29, 0.717) is 42.7 Å². The second-order valence-corrected chi connectivity index (χ2v) is 6.78. The predicted molar refractivity (Wildman–Crippen MR) is 136 cm³/mol. The lowest BCUT2D eigenvalue weighted by molar-refractivity contribution is 0.0953. The highest BCUT2D eigenvalue weighted by atomic mass is 127. The fourth-order valence-electron chi connectivity index (χ4n) is 2.84. The van der Waals surface area contributed by atoms with Crippen molar-refractivity contribution in [2.24, 2.45) is 4.99 Å². The number of hydrogen-bond donors (Lipinski definition) is 3. The molecule has 0 saturated heterocycles. The molecule has 3 N–H and O–H groups in total. The molecule has 1 amide bonds. The van der Waals surface area contributed by atoms with Crippen LogP contribution in [0.3, 0.4) is 0 Å². The Labute approximate surface area is 202 Å². The third-order valence-corrected chi connectivity index (χ3v) is 4.62. The van der Waals surface area contributed by atoms with Gasteiger partial charge in [0.2, 0.25) is 0 Å². The van der Waals surface area contributed by atoms with E-state index < -0.39 is 0 Å². The first-order valence-corrected chi connectivity index (χ1v) is 10.1. The molecule has 2 rings (SSSR count). The van der Waals surface area contributed by atoms with E-state index in [1.807, 2.05) is 42.5 Å². The quantitative estimate of drug-likeness (QED) is 0.185. The summed E-state index contributed by atoms with van der Waals surface area (Å²) < 4.78 is 10.6. The van der Waals surface area contributed by atoms with Gasteiger partial charge in [-0.05, 0) is 41.8 Å². The highest BCUT2D eigenvalue weighted by Crippen LogP contribution is 2.27. The maximum atomic E-state index is 12.1. The van der Waals surface area contributed by atoms with Gasteiger partial charge >= 0.3 is 0 Å². The number of nitrogens with one attached hydrogen (secondary N) is 3. The molecular weight excluding hydrogens is 507 g/mol. The third-order valence-electron chi connectivity index (χ3n) is 4.62. The summed E-state index contributed by atoms with van der Waals surface area (Å²) in [5, 5.41) is 9.49. The Morgan fingerprint density at radius 2 is 1.52 bits per heavy atom. The molecule has 0 heterocycles. The van der Waals surface area contributed by atoms with E-state index in [4.69, 9.17) is 9.47 Å². The van der Waals surface area contributed by atoms with Gasteiger partial charge in [-0.2, -0.15) is 0 Å². The van der Waals surface area contributed by atoms with Gasteiger partial charge in [-0.1, -0.05) is 31.5 Å². The molecule has 0 fully saturated rings. The van der Waals surface area contributed by atoms with Crippen molar-refractivity contribution < 1.29 is 14.3 Å². The summed E-state index contributed by atoms with van der Waals surface area (Å²) in [6.45, 7) is 4.01. The molecule has 2 aromatic carbocycles. The zero-order valence-corrected chi connectivity index (χ0v) is 21.0. The van der Waals surface area contributed by atoms with Crippen LogP contribution in [0.5, 0.6) is 11.5 Å². The van der Waals surface area contributed by atoms with Crippen molar-refractivity contribution in [1.82, 2.24) is 16.0 Å². The Balaban J connectivity index is 0.00000480. The van der Waals surface area contributed by atoms with Crippen molar-refractivity contribution in [2.75, 3.05) is 27.8 Å². The highest BCUT2D eigenvalue weighted by molar-refractivity contribution is 14.0. The summed E-state index contributed by atoms with van der Waals surface area (Å²) in [4.78, 5) is 16.3. The number of hydrogen-bond acceptors (Lipinski definition) is 4. The third kappa shape index (κ3) is 8.64. The van der Waals surface area contributed by atoms with Gasteiger partial charge in [0.15, 0.2) is 17.5 Å². The largest absolute Gasteiger partial charge is 0.493 e. The van der Waals surface area contributed by atoms with Crippen LogP contribution in [0.1, 0.15) is 41.3 Å². The van der Waals surface area contributed by atoms with E-state index in [1.54, 1.807) is 21.3 Å². The first kappa shape index (κ1) is 26.5. The number of guanidine groups is 1. The number of amides is 1. The normalized spacial score (nSPS) is 10.6. The number of carbonyl (C=O) groups excluding carboxylic acids is 1. The number of aliphatic imine (C=N–C) groups is 1. The molecule has 8 heteroatoms. The lowest BCUT2D eigenvalue weighted by Crippen LogP contribution is -2.36. The SMILES string of the molecule is CCCCNC(=O)c1ccc(CNC(=NC)NCc2ccc(OC)c(OC)c2)cc1.I. The van der Waals surface area contributed by atoms with E-state index in [9.17, 15) is 4.79 Å². The zero-order chi connectivity index (χ0) is 21.8. The average molecular weight is 540 g/mol. The molecule has 170 valence electrons. The van der Waals surface area contributed by atoms with E-state index in [1.165, 1.54) is 0 Å². The van der Waals surface area contributed by atoms with Crippen LogP contribution in [0.15, 0.2) is 47.5 Å². The number of methoxy groups -OCH3 is 2. The number of halogens is 1. The van der Waals surface area contributed by atoms with Crippen LogP contribution in [-0.4, -0.2) is 39.7 Å². The summed E-state index contributed by atoms with van der Waals surface area (Å²) in [5.74, 6) is 2.05. The Bertz CT molecular complexity index is 841. The summed E-state index contributed by atoms with van der Waals surface area (Å²) in [5.41, 5.74) is 2.79. The number of unbranched alkanes of at least 4 members (excludes halogenated alkanes) is 1. The van der Waals surface area contributed by atoms with Gasteiger partial charge in [0.05, 0.1) is 14.2 Å². The zero-order valence-electron chi connectivity index (χ0n) is 18.7. The Morgan fingerprint density at radius 3 is 2.10 bits per heavy atom. The number of nitrogens with zero attached hydrogens (tertiary/aromatic N) is 1. The number of rotatable bonds is 10. The number of carbonyl (C=O) groups is 1. The lowest BCUT2D eigenvalue weighted by atomic mass is 10.1. The summed E-state index contributed by atoms with van der Waals surface area (Å²) in [6.07, 6.45) is 2.05. The van der Waals surface area contributed by atoms with Crippen LogP contribution in [0.2, 0.25) is 0 Å². The summed E-state index contributed by atoms with van der Waals surface area (Å²) >= 11 is 0. The smallest absolute Gasteiger partial charge is 0.251 e. The summed E-state index contributed by atoms with van der Waals surface area (Å²) in [6, 6.07) is 13.4. The molecule has 0 aliphatic heterocycles. The van der Waals surface area contributed by atoms with Crippen molar-refractivity contribution in [3.8, 4) is 11.5 Å². The van der Waals surface area contributed by atoms with E-state index >= 15 is 0 Å². The molecule has 0 bridgehead atoms. The van der Waals surface area contributed by atoms with E-state index in [2.05, 4.69) is 27.9 Å². The highest BCUT2D eigenvalue weighted by Gasteiger charge is 2.07. The van der Waals surface area contributed by atoms with Crippen molar-refractivity contribution in [3.05, 3.63) is 59.2 Å². The van der Waals surface area contributed by atoms with Gasteiger partial charge in [0.1, 0.15) is 0 Å². The minimum absolute atomic E-state index is 0. The van der Waals surface area contributed by atoms with Gasteiger partial charge in [-0.25, -0.2) is 0 Å². The molecule has 0 spiro atoms. The topological polar surface area (TPSA) is 84.0 Å². The first-order valence-electron chi connectivity index (χ1n) is 10.1. The van der Waals surface area contributed by atoms with Crippen molar-refractivity contribution in [1.29, 1.82) is 0 Å². The second kappa shape index (κ2) is 14.5. The maximum Gasteiger partial charge on any atom is 0.251 e. The summed E-state index contributed by atoms with van der Waals surface area (Å²) in [7, 11) is 4.97. The standard InChI is InChI=1S/C23H32N4O3.HI/c1-5-6-13-25-22(28)19-10-7-17(8-11-19)15-26-23(24-2)27-16-18-9-12-20(29-3)21(14-18)30-4;/h7-12,14H,5-6,13,15-16H2,1-4H3,(H,25,28)(H2,24,26,27);1H. The van der Waals surface area contributed by atoms with Crippen LogP contribution >= 0.6 is 24.0 Å². The van der Waals surface area contributed by atoms with Gasteiger partial charge in [-0.15, -0.1) is 24.0 Å². The molecule has 0 aliphatic carbocycles. The molecule has 0 atom stereocenters. The predicted octanol–water partition coefficient (Wildman–Crippen LogP) is 3.72. The van der Waals surface area contributed by atoms with Crippen molar-refractivity contribution >= 4 is 35.8 Å². The Kier molecular flexibility index (Phi) is 12.4. The molecule has 0 aliphatic rings. The lowest BCUT2D eigenvalue weighted by Gasteiger charge is -2.14. The minimum Gasteiger partial charge on any atom is -0.493 e. The molecule has 2 aromatic rings.